The summed E-state index contributed by atoms with van der Waals surface area (Å²) in [7, 11) is 1.99. The Balaban J connectivity index is 1.50. The number of aromatic nitrogens is 2. The second kappa shape index (κ2) is 12.1. The topological polar surface area (TPSA) is 93.7 Å². The molecule has 0 aliphatic carbocycles. The summed E-state index contributed by atoms with van der Waals surface area (Å²) in [5.74, 6) is -6.24. The van der Waals surface area contributed by atoms with Gasteiger partial charge in [-0.25, -0.2) is 18.7 Å². The molecule has 2 unspecified atom stereocenters. The SMILES string of the molecule is C[C@@H]1CN(c2cc(F)c(C3=CCCN(c4ncc(F)cn4)C3)cc2NC(=O)C2CNC(=O)CC2C(F)(F)F)C[C@H](C)N1C. The van der Waals surface area contributed by atoms with Crippen molar-refractivity contribution in [3.05, 3.63) is 47.8 Å². The van der Waals surface area contributed by atoms with Gasteiger partial charge in [0.1, 0.15) is 5.82 Å². The number of piperidine rings is 1. The Morgan fingerprint density at radius 3 is 2.40 bits per heavy atom. The van der Waals surface area contributed by atoms with Crippen LogP contribution in [0.25, 0.3) is 5.57 Å². The third-order valence-corrected chi connectivity index (χ3v) is 8.60. The second-order valence-corrected chi connectivity index (χ2v) is 11.5. The predicted molar refractivity (Wildman–Crippen MR) is 151 cm³/mol. The molecule has 3 aliphatic rings. The molecule has 4 atom stereocenters. The number of carbonyl (C=O) groups excluding carboxylic acids is 2. The molecule has 0 bridgehead atoms. The van der Waals surface area contributed by atoms with Gasteiger partial charge in [-0.3, -0.25) is 14.5 Å². The van der Waals surface area contributed by atoms with Crippen LogP contribution in [0, 0.1) is 23.5 Å². The molecule has 14 heteroatoms. The average molecular weight is 608 g/mol. The minimum absolute atomic E-state index is 0.0866. The summed E-state index contributed by atoms with van der Waals surface area (Å²) in [5, 5.41) is 5.04. The Hall–Kier alpha value is -3.81. The molecule has 0 spiro atoms. The molecule has 1 aromatic heterocycles. The highest BCUT2D eigenvalue weighted by Crippen LogP contribution is 2.39. The van der Waals surface area contributed by atoms with Gasteiger partial charge in [0.25, 0.3) is 0 Å². The van der Waals surface area contributed by atoms with Gasteiger partial charge in [-0.2, -0.15) is 13.2 Å². The number of benzene rings is 1. The van der Waals surface area contributed by atoms with E-state index in [4.69, 9.17) is 0 Å². The molecule has 2 saturated heterocycles. The van der Waals surface area contributed by atoms with E-state index in [9.17, 15) is 27.2 Å². The number of halogens is 5. The molecular formula is C29H34F5N7O2. The van der Waals surface area contributed by atoms with Crippen LogP contribution in [0.4, 0.5) is 39.3 Å². The highest BCUT2D eigenvalue weighted by Gasteiger charge is 2.50. The lowest BCUT2D eigenvalue weighted by molar-refractivity contribution is -0.197. The first-order chi connectivity index (χ1) is 20.3. The summed E-state index contributed by atoms with van der Waals surface area (Å²) in [6.45, 7) is 5.30. The van der Waals surface area contributed by atoms with E-state index in [1.165, 1.54) is 12.1 Å². The highest BCUT2D eigenvalue weighted by molar-refractivity contribution is 5.98. The molecule has 232 valence electrons. The van der Waals surface area contributed by atoms with Crippen molar-refractivity contribution >= 4 is 34.7 Å². The van der Waals surface area contributed by atoms with E-state index in [1.54, 1.807) is 4.90 Å². The van der Waals surface area contributed by atoms with Crippen molar-refractivity contribution in [1.82, 2.24) is 20.2 Å². The van der Waals surface area contributed by atoms with Gasteiger partial charge in [0.05, 0.1) is 35.6 Å². The van der Waals surface area contributed by atoms with Crippen molar-refractivity contribution in [2.24, 2.45) is 11.8 Å². The van der Waals surface area contributed by atoms with Crippen LogP contribution in [0.15, 0.2) is 30.6 Å². The quantitative estimate of drug-likeness (QED) is 0.500. The fourth-order valence-electron chi connectivity index (χ4n) is 5.98. The largest absolute Gasteiger partial charge is 0.393 e. The van der Waals surface area contributed by atoms with Crippen LogP contribution in [0.3, 0.4) is 0 Å². The number of rotatable bonds is 5. The Morgan fingerprint density at radius 2 is 1.74 bits per heavy atom. The minimum atomic E-state index is -4.75. The first-order valence-electron chi connectivity index (χ1n) is 14.2. The Bertz CT molecular complexity index is 1390. The van der Waals surface area contributed by atoms with Crippen LogP contribution in [-0.4, -0.2) is 84.7 Å². The van der Waals surface area contributed by atoms with Gasteiger partial charge >= 0.3 is 6.18 Å². The third kappa shape index (κ3) is 6.58. The normalized spacial score (nSPS) is 25.3. The maximum atomic E-state index is 15.9. The fourth-order valence-corrected chi connectivity index (χ4v) is 5.98. The first-order valence-corrected chi connectivity index (χ1v) is 14.2. The zero-order chi connectivity index (χ0) is 31.1. The molecule has 9 nitrogen and oxygen atoms in total. The van der Waals surface area contributed by atoms with Gasteiger partial charge in [0, 0.05) is 56.8 Å². The van der Waals surface area contributed by atoms with Crippen LogP contribution >= 0.6 is 0 Å². The van der Waals surface area contributed by atoms with E-state index < -0.39 is 54.4 Å². The lowest BCUT2D eigenvalue weighted by Gasteiger charge is -2.44. The summed E-state index contributed by atoms with van der Waals surface area (Å²) >= 11 is 0. The van der Waals surface area contributed by atoms with Gasteiger partial charge in [-0.1, -0.05) is 6.08 Å². The summed E-state index contributed by atoms with van der Waals surface area (Å²) in [6, 6.07) is 2.95. The van der Waals surface area contributed by atoms with E-state index in [-0.39, 0.29) is 35.8 Å². The molecule has 5 rings (SSSR count). The van der Waals surface area contributed by atoms with E-state index >= 15 is 4.39 Å². The average Bonchev–Trinajstić information content (AvgIpc) is 2.96. The third-order valence-electron chi connectivity index (χ3n) is 8.60. The van der Waals surface area contributed by atoms with E-state index in [0.29, 0.717) is 37.3 Å². The molecule has 2 fully saturated rings. The summed E-state index contributed by atoms with van der Waals surface area (Å²) in [6.07, 6.45) is -1.14. The lowest BCUT2D eigenvalue weighted by Crippen LogP contribution is -2.55. The van der Waals surface area contributed by atoms with Crippen LogP contribution in [0.5, 0.6) is 0 Å². The number of nitrogens with one attached hydrogen (secondary N) is 2. The number of nitrogens with zero attached hydrogens (tertiary/aromatic N) is 5. The summed E-state index contributed by atoms with van der Waals surface area (Å²) in [5.41, 5.74) is 1.28. The van der Waals surface area contributed by atoms with Gasteiger partial charge in [-0.05, 0) is 45.0 Å². The van der Waals surface area contributed by atoms with Crippen molar-refractivity contribution in [2.45, 2.75) is 44.9 Å². The van der Waals surface area contributed by atoms with Crippen molar-refractivity contribution < 1.29 is 31.5 Å². The molecule has 0 saturated carbocycles. The number of alkyl halides is 3. The van der Waals surface area contributed by atoms with Crippen molar-refractivity contribution in [1.29, 1.82) is 0 Å². The minimum Gasteiger partial charge on any atom is -0.367 e. The fraction of sp³-hybridized carbons (Fsp3) is 0.517. The zero-order valence-corrected chi connectivity index (χ0v) is 24.1. The van der Waals surface area contributed by atoms with Gasteiger partial charge in [-0.15, -0.1) is 0 Å². The van der Waals surface area contributed by atoms with Crippen molar-refractivity contribution in [3.63, 3.8) is 0 Å². The Morgan fingerprint density at radius 1 is 1.07 bits per heavy atom. The van der Waals surface area contributed by atoms with Crippen molar-refractivity contribution in [3.8, 4) is 0 Å². The lowest BCUT2D eigenvalue weighted by atomic mass is 9.84. The van der Waals surface area contributed by atoms with E-state index in [2.05, 4.69) is 25.5 Å². The number of hydrogen-bond acceptors (Lipinski definition) is 7. The first kappa shape index (κ1) is 30.6. The number of piperazine rings is 1. The van der Waals surface area contributed by atoms with Gasteiger partial charge in [0.15, 0.2) is 5.82 Å². The van der Waals surface area contributed by atoms with E-state index in [0.717, 1.165) is 12.4 Å². The van der Waals surface area contributed by atoms with Gasteiger partial charge in [0.2, 0.25) is 17.8 Å². The molecule has 2 N–H and O–H groups in total. The standard InChI is InChI=1S/C29H34F5N7O2/c1-16-13-41(14-17(2)39(16)3)25-9-23(31)20(18-5-4-6-40(15-18)28-36-10-19(30)11-37-28)7-24(25)38-27(43)21-12-35-26(42)8-22(21)29(32,33)34/h5,7,9-11,16-17,21-22H,4,6,8,12-15H2,1-3H3,(H,35,42)(H,38,43)/t16-,17+,21?,22?. The predicted octanol–water partition coefficient (Wildman–Crippen LogP) is 3.83. The number of amides is 2. The van der Waals surface area contributed by atoms with Crippen molar-refractivity contribution in [2.75, 3.05) is 54.9 Å². The van der Waals surface area contributed by atoms with E-state index in [1.807, 2.05) is 31.9 Å². The molecule has 3 aliphatic heterocycles. The molecule has 4 heterocycles. The zero-order valence-electron chi connectivity index (χ0n) is 24.1. The van der Waals surface area contributed by atoms with Gasteiger partial charge < -0.3 is 20.4 Å². The number of carbonyl (C=O) groups is 2. The molecule has 43 heavy (non-hydrogen) atoms. The molecule has 2 aromatic rings. The molecule has 2 amide bonds. The molecular weight excluding hydrogens is 573 g/mol. The molecule has 1 aromatic carbocycles. The van der Waals surface area contributed by atoms with Crippen LogP contribution in [0.2, 0.25) is 0 Å². The monoisotopic (exact) mass is 607 g/mol. The summed E-state index contributed by atoms with van der Waals surface area (Å²) < 4.78 is 70.8. The number of hydrogen-bond donors (Lipinski definition) is 2. The summed E-state index contributed by atoms with van der Waals surface area (Å²) in [4.78, 5) is 39.1. The second-order valence-electron chi connectivity index (χ2n) is 11.5. The van der Waals surface area contributed by atoms with Crippen LogP contribution in [0.1, 0.15) is 32.3 Å². The maximum absolute atomic E-state index is 15.9. The molecule has 0 radical (unpaired) electrons. The Kier molecular flexibility index (Phi) is 8.59. The number of likely N-dealkylation sites (N-methyl/N-ethyl adjacent to an activating group) is 1. The van der Waals surface area contributed by atoms with Crippen LogP contribution in [-0.2, 0) is 9.59 Å². The highest BCUT2D eigenvalue weighted by atomic mass is 19.4. The Labute approximate surface area is 246 Å². The number of anilines is 3. The maximum Gasteiger partial charge on any atom is 0.393 e. The van der Waals surface area contributed by atoms with Crippen LogP contribution < -0.4 is 20.4 Å². The smallest absolute Gasteiger partial charge is 0.367 e.